The number of rotatable bonds is 5. The van der Waals surface area contributed by atoms with Gasteiger partial charge in [-0.25, -0.2) is 0 Å². The monoisotopic (exact) mass is 326 g/mol. The molecule has 1 fully saturated rings. The van der Waals surface area contributed by atoms with Crippen molar-refractivity contribution in [1.29, 1.82) is 0 Å². The minimum absolute atomic E-state index is 0.470. The fourth-order valence-electron chi connectivity index (χ4n) is 4.06. The Morgan fingerprint density at radius 3 is 2.58 bits per heavy atom. The fraction of sp³-hybridized carbons (Fsp3) is 0.682. The van der Waals surface area contributed by atoms with Crippen LogP contribution in [0.5, 0.6) is 0 Å². The Morgan fingerprint density at radius 2 is 1.88 bits per heavy atom. The number of aryl methyl sites for hydroxylation is 2. The van der Waals surface area contributed by atoms with E-state index in [1.165, 1.54) is 67.5 Å². The number of hydrogen-bond donors (Lipinski definition) is 1. The summed E-state index contributed by atoms with van der Waals surface area (Å²) in [7, 11) is 0. The number of hydrogen-bond acceptors (Lipinski definition) is 2. The molecule has 24 heavy (non-hydrogen) atoms. The molecule has 0 spiro atoms. The third-order valence-electron chi connectivity index (χ3n) is 5.90. The van der Waals surface area contributed by atoms with Crippen molar-refractivity contribution in [2.75, 3.05) is 6.54 Å². The van der Waals surface area contributed by atoms with Crippen molar-refractivity contribution in [3.05, 3.63) is 34.9 Å². The predicted molar refractivity (Wildman–Crippen MR) is 104 cm³/mol. The van der Waals surface area contributed by atoms with E-state index in [0.717, 1.165) is 31.7 Å². The second-order valence-corrected chi connectivity index (χ2v) is 7.55. The van der Waals surface area contributed by atoms with Crippen molar-refractivity contribution < 1.29 is 0 Å². The maximum Gasteiger partial charge on any atom is 0.0967 e. The molecule has 2 heteroatoms. The van der Waals surface area contributed by atoms with E-state index in [-0.39, 0.29) is 0 Å². The van der Waals surface area contributed by atoms with Gasteiger partial charge in [-0.2, -0.15) is 0 Å². The van der Waals surface area contributed by atoms with Crippen LogP contribution in [0.15, 0.2) is 23.2 Å². The van der Waals surface area contributed by atoms with Crippen molar-refractivity contribution in [3.8, 4) is 0 Å². The van der Waals surface area contributed by atoms with Crippen molar-refractivity contribution in [2.45, 2.75) is 84.1 Å². The third-order valence-corrected chi connectivity index (χ3v) is 5.90. The van der Waals surface area contributed by atoms with Gasteiger partial charge in [0.1, 0.15) is 0 Å². The topological polar surface area (TPSA) is 24.4 Å². The Labute approximate surface area is 148 Å². The van der Waals surface area contributed by atoms with Crippen LogP contribution in [-0.2, 0) is 12.8 Å². The highest BCUT2D eigenvalue weighted by Crippen LogP contribution is 2.39. The molecule has 1 aliphatic heterocycles. The third kappa shape index (κ3) is 4.20. The summed E-state index contributed by atoms with van der Waals surface area (Å²) in [6.45, 7) is 5.55. The van der Waals surface area contributed by atoms with Crippen molar-refractivity contribution >= 4 is 5.84 Å². The summed E-state index contributed by atoms with van der Waals surface area (Å²) in [4.78, 5) is 4.88. The first-order valence-corrected chi connectivity index (χ1v) is 10.2. The van der Waals surface area contributed by atoms with Crippen LogP contribution in [0.3, 0.4) is 0 Å². The van der Waals surface area contributed by atoms with Gasteiger partial charge < -0.3 is 5.32 Å². The van der Waals surface area contributed by atoms with E-state index >= 15 is 0 Å². The van der Waals surface area contributed by atoms with Crippen LogP contribution < -0.4 is 5.32 Å². The average Bonchev–Trinajstić information content (AvgIpc) is 2.54. The van der Waals surface area contributed by atoms with Gasteiger partial charge in [0.05, 0.1) is 11.9 Å². The molecule has 0 amide bonds. The molecule has 1 atom stereocenters. The standard InChI is InChI=1S/C22H34N2/c1-3-17-13-14-20(18(4-2)16-17)22(19-10-9-11-19)24-21-12-7-5-6-8-15-23-21/h13-14,16,19,22H,3-12,15H2,1-2H3,(H,23,24). The van der Waals surface area contributed by atoms with Gasteiger partial charge in [0, 0.05) is 13.0 Å². The second kappa shape index (κ2) is 8.69. The molecule has 0 aromatic heterocycles. The Bertz CT molecular complexity index is 557. The number of nitrogens with zero attached hydrogens (tertiary/aromatic N) is 1. The van der Waals surface area contributed by atoms with E-state index < -0.39 is 0 Å². The summed E-state index contributed by atoms with van der Waals surface area (Å²) < 4.78 is 0. The van der Waals surface area contributed by atoms with Gasteiger partial charge in [-0.15, -0.1) is 0 Å². The second-order valence-electron chi connectivity index (χ2n) is 7.55. The Balaban J connectivity index is 1.83. The van der Waals surface area contributed by atoms with Gasteiger partial charge in [0.2, 0.25) is 0 Å². The van der Waals surface area contributed by atoms with E-state index in [1.807, 2.05) is 0 Å². The van der Waals surface area contributed by atoms with Crippen LogP contribution >= 0.6 is 0 Å². The summed E-state index contributed by atoms with van der Waals surface area (Å²) in [5, 5.41) is 3.90. The molecule has 1 unspecified atom stereocenters. The molecular formula is C22H34N2. The van der Waals surface area contributed by atoms with Crippen LogP contribution in [-0.4, -0.2) is 12.4 Å². The van der Waals surface area contributed by atoms with E-state index in [2.05, 4.69) is 37.4 Å². The summed E-state index contributed by atoms with van der Waals surface area (Å²) in [5.41, 5.74) is 4.53. The quantitative estimate of drug-likeness (QED) is 0.748. The molecule has 0 bridgehead atoms. The van der Waals surface area contributed by atoms with E-state index in [1.54, 1.807) is 0 Å². The highest BCUT2D eigenvalue weighted by molar-refractivity contribution is 5.82. The Kier molecular flexibility index (Phi) is 6.34. The summed E-state index contributed by atoms with van der Waals surface area (Å²) in [5.74, 6) is 2.06. The SMILES string of the molecule is CCc1ccc(C(NC2=NCCCCCC2)C2CCC2)c(CC)c1. The van der Waals surface area contributed by atoms with Crippen molar-refractivity contribution in [2.24, 2.45) is 10.9 Å². The van der Waals surface area contributed by atoms with Gasteiger partial charge in [0.15, 0.2) is 0 Å². The maximum atomic E-state index is 4.88. The lowest BCUT2D eigenvalue weighted by Crippen LogP contribution is -2.37. The zero-order chi connectivity index (χ0) is 16.8. The summed E-state index contributed by atoms with van der Waals surface area (Å²) in [6.07, 6.45) is 12.8. The molecule has 1 aromatic carbocycles. The van der Waals surface area contributed by atoms with Crippen LogP contribution in [0.2, 0.25) is 0 Å². The van der Waals surface area contributed by atoms with Gasteiger partial charge >= 0.3 is 0 Å². The smallest absolute Gasteiger partial charge is 0.0967 e. The average molecular weight is 327 g/mol. The lowest BCUT2D eigenvalue weighted by Gasteiger charge is -2.37. The molecule has 1 heterocycles. The highest BCUT2D eigenvalue weighted by Gasteiger charge is 2.30. The Morgan fingerprint density at radius 1 is 1.04 bits per heavy atom. The highest BCUT2D eigenvalue weighted by atomic mass is 15.0. The number of amidine groups is 1. The molecule has 1 N–H and O–H groups in total. The lowest BCUT2D eigenvalue weighted by atomic mass is 9.75. The lowest BCUT2D eigenvalue weighted by molar-refractivity contribution is 0.247. The van der Waals surface area contributed by atoms with Gasteiger partial charge in [0.25, 0.3) is 0 Å². The van der Waals surface area contributed by atoms with Gasteiger partial charge in [-0.3, -0.25) is 4.99 Å². The first kappa shape index (κ1) is 17.5. The van der Waals surface area contributed by atoms with Crippen molar-refractivity contribution in [3.63, 3.8) is 0 Å². The minimum atomic E-state index is 0.470. The molecule has 0 saturated heterocycles. The molecule has 1 saturated carbocycles. The van der Waals surface area contributed by atoms with E-state index in [9.17, 15) is 0 Å². The number of benzene rings is 1. The maximum absolute atomic E-state index is 4.88. The summed E-state index contributed by atoms with van der Waals surface area (Å²) in [6, 6.07) is 7.64. The molecule has 1 aromatic rings. The molecule has 1 aliphatic carbocycles. The first-order chi connectivity index (χ1) is 11.8. The van der Waals surface area contributed by atoms with Crippen molar-refractivity contribution in [1.82, 2.24) is 5.32 Å². The molecule has 0 radical (unpaired) electrons. The van der Waals surface area contributed by atoms with Crippen LogP contribution in [0.25, 0.3) is 0 Å². The number of nitrogens with one attached hydrogen (secondary N) is 1. The summed E-state index contributed by atoms with van der Waals surface area (Å²) >= 11 is 0. The van der Waals surface area contributed by atoms with Crippen LogP contribution in [0.4, 0.5) is 0 Å². The first-order valence-electron chi connectivity index (χ1n) is 10.2. The minimum Gasteiger partial charge on any atom is -0.367 e. The zero-order valence-corrected chi connectivity index (χ0v) is 15.6. The molecule has 3 rings (SSSR count). The Hall–Kier alpha value is -1.31. The van der Waals surface area contributed by atoms with E-state index in [4.69, 9.17) is 4.99 Å². The predicted octanol–water partition coefficient (Wildman–Crippen LogP) is 5.60. The molecular weight excluding hydrogens is 292 g/mol. The molecule has 2 nitrogen and oxygen atoms in total. The van der Waals surface area contributed by atoms with E-state index in [0.29, 0.717) is 6.04 Å². The molecule has 2 aliphatic rings. The number of aliphatic imine (C=N–C) groups is 1. The zero-order valence-electron chi connectivity index (χ0n) is 15.6. The largest absolute Gasteiger partial charge is 0.367 e. The van der Waals surface area contributed by atoms with Crippen LogP contribution in [0.1, 0.15) is 87.9 Å². The van der Waals surface area contributed by atoms with Gasteiger partial charge in [-0.1, -0.05) is 51.3 Å². The van der Waals surface area contributed by atoms with Crippen LogP contribution in [0, 0.1) is 5.92 Å². The van der Waals surface area contributed by atoms with Gasteiger partial charge in [-0.05, 0) is 61.1 Å². The fourth-order valence-corrected chi connectivity index (χ4v) is 4.06. The normalized spacial score (nSPS) is 20.5. The molecule has 132 valence electrons.